The van der Waals surface area contributed by atoms with Crippen LogP contribution in [0.25, 0.3) is 0 Å². The van der Waals surface area contributed by atoms with E-state index in [4.69, 9.17) is 28.3 Å². The van der Waals surface area contributed by atoms with Crippen LogP contribution in [0.3, 0.4) is 0 Å². The highest BCUT2D eigenvalue weighted by molar-refractivity contribution is 6.42. The van der Waals surface area contributed by atoms with Gasteiger partial charge >= 0.3 is 6.09 Å². The van der Waals surface area contributed by atoms with Crippen LogP contribution in [-0.4, -0.2) is 63.3 Å². The normalized spacial score (nSPS) is 24.1. The van der Waals surface area contributed by atoms with Crippen LogP contribution in [0.4, 0.5) is 4.79 Å². The van der Waals surface area contributed by atoms with Crippen molar-refractivity contribution in [3.8, 4) is 5.75 Å². The van der Waals surface area contributed by atoms with E-state index in [2.05, 4.69) is 0 Å². The molecule has 0 aromatic heterocycles. The second-order valence-electron chi connectivity index (χ2n) is 7.47. The molecule has 7 nitrogen and oxygen atoms in total. The van der Waals surface area contributed by atoms with E-state index < -0.39 is 12.2 Å². The van der Waals surface area contributed by atoms with Crippen LogP contribution in [0.15, 0.2) is 12.1 Å². The molecule has 2 amide bonds. The number of halogens is 2. The number of aromatic hydroxyl groups is 1. The van der Waals surface area contributed by atoms with Crippen molar-refractivity contribution in [2.75, 3.05) is 26.2 Å². The van der Waals surface area contributed by atoms with Crippen LogP contribution in [-0.2, 0) is 4.79 Å². The van der Waals surface area contributed by atoms with Gasteiger partial charge in [-0.3, -0.25) is 4.79 Å². The number of phenols is 1. The lowest BCUT2D eigenvalue weighted by molar-refractivity contribution is -0.135. The minimum atomic E-state index is -0.993. The Morgan fingerprint density at radius 2 is 1.79 bits per heavy atom. The molecule has 1 aromatic rings. The lowest BCUT2D eigenvalue weighted by atomic mass is 9.89. The van der Waals surface area contributed by atoms with Crippen molar-refractivity contribution in [3.63, 3.8) is 0 Å². The maximum absolute atomic E-state index is 12.8. The smallest absolute Gasteiger partial charge is 0.407 e. The zero-order valence-corrected chi connectivity index (χ0v) is 16.9. The van der Waals surface area contributed by atoms with E-state index in [9.17, 15) is 19.8 Å². The van der Waals surface area contributed by atoms with E-state index in [0.29, 0.717) is 45.3 Å². The number of hydrogen-bond donors (Lipinski definition) is 3. The van der Waals surface area contributed by atoms with Crippen molar-refractivity contribution in [3.05, 3.63) is 27.7 Å². The Kier molecular flexibility index (Phi) is 6.58. The first-order valence-corrected chi connectivity index (χ1v) is 10.2. The Labute approximate surface area is 173 Å². The van der Waals surface area contributed by atoms with E-state index in [1.165, 1.54) is 17.0 Å². The average molecular weight is 431 g/mol. The topological polar surface area (TPSA) is 101 Å². The number of hydrogen-bond acceptors (Lipinski definition) is 4. The maximum Gasteiger partial charge on any atom is 0.407 e. The third kappa shape index (κ3) is 4.31. The average Bonchev–Trinajstić information content (AvgIpc) is 3.03. The predicted molar refractivity (Wildman–Crippen MR) is 105 cm³/mol. The molecule has 2 fully saturated rings. The summed E-state index contributed by atoms with van der Waals surface area (Å²) < 4.78 is 0. The number of rotatable bonds is 3. The molecule has 9 heteroatoms. The summed E-state index contributed by atoms with van der Waals surface area (Å²) in [5.74, 6) is -0.593. The van der Waals surface area contributed by atoms with Crippen molar-refractivity contribution in [1.29, 1.82) is 0 Å². The summed E-state index contributed by atoms with van der Waals surface area (Å²) in [4.78, 5) is 26.9. The van der Waals surface area contributed by atoms with Gasteiger partial charge in [-0.15, -0.1) is 0 Å². The summed E-state index contributed by atoms with van der Waals surface area (Å²) in [6, 6.07) is 2.89. The molecule has 2 aliphatic rings. The summed E-state index contributed by atoms with van der Waals surface area (Å²) in [7, 11) is 0. The van der Waals surface area contributed by atoms with Crippen molar-refractivity contribution < 1.29 is 24.9 Å². The first-order valence-electron chi connectivity index (χ1n) is 9.41. The largest absolute Gasteiger partial charge is 0.508 e. The van der Waals surface area contributed by atoms with E-state index in [1.54, 1.807) is 4.90 Å². The van der Waals surface area contributed by atoms with Gasteiger partial charge in [0.15, 0.2) is 0 Å². The fourth-order valence-electron chi connectivity index (χ4n) is 4.13. The third-order valence-corrected chi connectivity index (χ3v) is 6.56. The number of benzene rings is 1. The molecule has 0 bridgehead atoms. The minimum Gasteiger partial charge on any atom is -0.508 e. The molecule has 0 aliphatic carbocycles. The first kappa shape index (κ1) is 21.0. The van der Waals surface area contributed by atoms with Gasteiger partial charge in [0.1, 0.15) is 5.75 Å². The number of carbonyl (C=O) groups excluding carboxylic acids is 1. The molecule has 0 saturated carbocycles. The number of likely N-dealkylation sites (tertiary alicyclic amines) is 2. The molecule has 3 rings (SSSR count). The molecule has 0 spiro atoms. The van der Waals surface area contributed by atoms with Crippen LogP contribution in [0.1, 0.15) is 37.4 Å². The standard InChI is InChI=1S/C19H24Cl2N2O5/c20-13-3-4-14(24)15(16(13)21)17(25)11-2-1-7-22(8-5-11)18(26)12-6-9-23(10-12)19(27)28/h3-4,11-12,17,24-25H,1-2,5-10H2,(H,27,28)/t11-,12?,17-/m0/s1. The Morgan fingerprint density at radius 3 is 2.46 bits per heavy atom. The van der Waals surface area contributed by atoms with Gasteiger partial charge < -0.3 is 25.1 Å². The van der Waals surface area contributed by atoms with Crippen molar-refractivity contribution in [1.82, 2.24) is 9.80 Å². The van der Waals surface area contributed by atoms with E-state index in [1.807, 2.05) is 0 Å². The van der Waals surface area contributed by atoms with Crippen molar-refractivity contribution >= 4 is 35.2 Å². The molecule has 1 unspecified atom stereocenters. The lowest BCUT2D eigenvalue weighted by Crippen LogP contribution is -2.38. The molecule has 1 aromatic carbocycles. The van der Waals surface area contributed by atoms with Gasteiger partial charge in [-0.1, -0.05) is 23.2 Å². The van der Waals surface area contributed by atoms with E-state index in [-0.39, 0.29) is 45.6 Å². The zero-order chi connectivity index (χ0) is 20.4. The van der Waals surface area contributed by atoms with Crippen molar-refractivity contribution in [2.45, 2.75) is 31.8 Å². The Hall–Kier alpha value is -1.70. The summed E-state index contributed by atoms with van der Waals surface area (Å²) in [6.07, 6.45) is 0.522. The fraction of sp³-hybridized carbons (Fsp3) is 0.579. The number of aliphatic hydroxyl groups is 1. The predicted octanol–water partition coefficient (Wildman–Crippen LogP) is 3.36. The molecule has 2 saturated heterocycles. The molecule has 28 heavy (non-hydrogen) atoms. The van der Waals surface area contributed by atoms with E-state index >= 15 is 0 Å². The zero-order valence-electron chi connectivity index (χ0n) is 15.4. The van der Waals surface area contributed by atoms with Crippen molar-refractivity contribution in [2.24, 2.45) is 11.8 Å². The maximum atomic E-state index is 12.8. The highest BCUT2D eigenvalue weighted by Crippen LogP contribution is 2.42. The van der Waals surface area contributed by atoms with Crippen LogP contribution in [0, 0.1) is 11.8 Å². The second-order valence-corrected chi connectivity index (χ2v) is 8.25. The van der Waals surface area contributed by atoms with Gasteiger partial charge in [0, 0.05) is 31.7 Å². The summed E-state index contributed by atoms with van der Waals surface area (Å²) in [5, 5.41) is 30.4. The number of phenolic OH excluding ortho intramolecular Hbond substituents is 1. The summed E-state index contributed by atoms with van der Waals surface area (Å²) in [5.41, 5.74) is 0.229. The second kappa shape index (κ2) is 8.76. The van der Waals surface area contributed by atoms with Gasteiger partial charge in [-0.2, -0.15) is 0 Å². The van der Waals surface area contributed by atoms with Gasteiger partial charge in [-0.05, 0) is 43.7 Å². The quantitative estimate of drug-likeness (QED) is 0.682. The fourth-order valence-corrected chi connectivity index (χ4v) is 4.56. The number of carbonyl (C=O) groups is 2. The SMILES string of the molecule is O=C(O)N1CCC(C(=O)N2CCC[C@H]([C@H](O)c3c(O)ccc(Cl)c3Cl)CC2)C1. The van der Waals surface area contributed by atoms with Gasteiger partial charge in [0.05, 0.1) is 22.1 Å². The third-order valence-electron chi connectivity index (χ3n) is 5.74. The molecular weight excluding hydrogens is 407 g/mol. The number of nitrogens with zero attached hydrogens (tertiary/aromatic N) is 2. The molecular formula is C19H24Cl2N2O5. The Bertz CT molecular complexity index is 760. The summed E-state index contributed by atoms with van der Waals surface area (Å²) >= 11 is 12.2. The molecule has 0 radical (unpaired) electrons. The highest BCUT2D eigenvalue weighted by Gasteiger charge is 2.35. The molecule has 154 valence electrons. The van der Waals surface area contributed by atoms with Gasteiger partial charge in [0.2, 0.25) is 5.91 Å². The first-order chi connectivity index (χ1) is 13.3. The molecule has 2 heterocycles. The lowest BCUT2D eigenvalue weighted by Gasteiger charge is -2.25. The van der Waals surface area contributed by atoms with E-state index in [0.717, 1.165) is 0 Å². The van der Waals surface area contributed by atoms with Crippen LogP contribution in [0.5, 0.6) is 5.75 Å². The van der Waals surface area contributed by atoms with Crippen LogP contribution >= 0.6 is 23.2 Å². The minimum absolute atomic E-state index is 0.0254. The highest BCUT2D eigenvalue weighted by atomic mass is 35.5. The monoisotopic (exact) mass is 430 g/mol. The molecule has 3 atom stereocenters. The summed E-state index contributed by atoms with van der Waals surface area (Å²) in [6.45, 7) is 1.67. The number of carboxylic acid groups (broad SMARTS) is 1. The number of amides is 2. The van der Waals surface area contributed by atoms with Gasteiger partial charge in [-0.25, -0.2) is 4.79 Å². The van der Waals surface area contributed by atoms with Crippen LogP contribution in [0.2, 0.25) is 10.0 Å². The number of aliphatic hydroxyl groups excluding tert-OH is 1. The Morgan fingerprint density at radius 1 is 1.07 bits per heavy atom. The molecule has 3 N–H and O–H groups in total. The Balaban J connectivity index is 1.65. The van der Waals surface area contributed by atoms with Crippen LogP contribution < -0.4 is 0 Å². The molecule has 2 aliphatic heterocycles. The van der Waals surface area contributed by atoms with Gasteiger partial charge in [0.25, 0.3) is 0 Å².